The van der Waals surface area contributed by atoms with Gasteiger partial charge < -0.3 is 24.7 Å². The topological polar surface area (TPSA) is 94.8 Å². The summed E-state index contributed by atoms with van der Waals surface area (Å²) in [7, 11) is 2.08. The molecule has 198 valence electrons. The first-order valence-electron chi connectivity index (χ1n) is 13.3. The highest BCUT2D eigenvalue weighted by Crippen LogP contribution is 2.37. The number of aliphatic hydroxyl groups excluding tert-OH is 1. The molecule has 1 unspecified atom stereocenters. The Labute approximate surface area is 220 Å². The summed E-state index contributed by atoms with van der Waals surface area (Å²) >= 11 is 0. The van der Waals surface area contributed by atoms with Crippen molar-refractivity contribution in [3.8, 4) is 23.0 Å². The number of pyridine rings is 1. The van der Waals surface area contributed by atoms with Gasteiger partial charge in [0.1, 0.15) is 29.4 Å². The maximum absolute atomic E-state index is 16.3. The molecule has 8 nitrogen and oxygen atoms in total. The van der Waals surface area contributed by atoms with Gasteiger partial charge in [0.15, 0.2) is 5.82 Å². The molecule has 6 rings (SSSR count). The van der Waals surface area contributed by atoms with Crippen LogP contribution in [0.15, 0.2) is 42.6 Å². The molecule has 0 aliphatic carbocycles. The van der Waals surface area contributed by atoms with Gasteiger partial charge in [0, 0.05) is 30.9 Å². The molecule has 4 heterocycles. The van der Waals surface area contributed by atoms with E-state index in [-0.39, 0.29) is 35.1 Å². The van der Waals surface area contributed by atoms with Gasteiger partial charge in [-0.3, -0.25) is 4.98 Å². The Balaban J connectivity index is 1.47. The number of likely N-dealkylation sites (tertiary alicyclic amines) is 1. The van der Waals surface area contributed by atoms with Crippen LogP contribution in [0.5, 0.6) is 11.8 Å². The zero-order valence-electron chi connectivity index (χ0n) is 21.5. The average molecular weight is 518 g/mol. The molecule has 4 aromatic rings. The van der Waals surface area contributed by atoms with Crippen molar-refractivity contribution < 1.29 is 19.3 Å². The summed E-state index contributed by atoms with van der Waals surface area (Å²) in [6.45, 7) is 2.74. The number of anilines is 1. The molecule has 2 aromatic heterocycles. The Morgan fingerprint density at radius 2 is 1.87 bits per heavy atom. The fourth-order valence-electron chi connectivity index (χ4n) is 5.66. The average Bonchev–Trinajstić information content (AvgIpc) is 3.20. The van der Waals surface area contributed by atoms with Crippen molar-refractivity contribution >= 4 is 27.5 Å². The number of likely N-dealkylation sites (N-methyl/N-ethyl adjacent to an activating group) is 1. The van der Waals surface area contributed by atoms with Crippen LogP contribution in [-0.2, 0) is 0 Å². The van der Waals surface area contributed by atoms with Gasteiger partial charge in [-0.15, -0.1) is 0 Å². The third kappa shape index (κ3) is 4.72. The second kappa shape index (κ2) is 10.3. The molecule has 0 bridgehead atoms. The number of aromatic hydroxyl groups is 1. The van der Waals surface area contributed by atoms with E-state index in [2.05, 4.69) is 26.8 Å². The largest absolute Gasteiger partial charge is 0.508 e. The van der Waals surface area contributed by atoms with Gasteiger partial charge in [-0.05, 0) is 68.6 Å². The lowest BCUT2D eigenvalue weighted by molar-refractivity contribution is 0.161. The Hall–Kier alpha value is -3.56. The molecule has 0 saturated carbocycles. The molecular formula is C29H32FN5O3. The summed E-state index contributed by atoms with van der Waals surface area (Å²) in [5.74, 6) is 0.0217. The van der Waals surface area contributed by atoms with Crippen LogP contribution in [0, 0.1) is 5.82 Å². The monoisotopic (exact) mass is 517 g/mol. The van der Waals surface area contributed by atoms with Gasteiger partial charge in [-0.1, -0.05) is 24.3 Å². The standard InChI is InChI=1S/C29H32FN5O3/c1-34-11-4-7-19(34)17-38-29-32-27-24(28(33-29)35-12-5-8-20(36)10-13-35)16-31-26(25(27)30)23-15-21(37)14-18-6-2-3-9-22(18)23/h2-3,6,9,14-16,19-20,36-37H,4-5,7-8,10-13,17H2,1H3/t19-,20?/m0/s1. The molecule has 0 amide bonds. The number of hydrogen-bond acceptors (Lipinski definition) is 8. The molecule has 0 radical (unpaired) electrons. The normalized spacial score (nSPS) is 20.8. The number of fused-ring (bicyclic) bond motifs is 2. The minimum Gasteiger partial charge on any atom is -0.508 e. The van der Waals surface area contributed by atoms with Crippen LogP contribution in [0.1, 0.15) is 32.1 Å². The lowest BCUT2D eigenvalue weighted by atomic mass is 10.0. The van der Waals surface area contributed by atoms with Gasteiger partial charge in [0.2, 0.25) is 0 Å². The maximum atomic E-state index is 16.3. The van der Waals surface area contributed by atoms with Crippen molar-refractivity contribution in [1.82, 2.24) is 19.9 Å². The Morgan fingerprint density at radius 1 is 1.03 bits per heavy atom. The van der Waals surface area contributed by atoms with E-state index in [0.717, 1.165) is 43.0 Å². The zero-order chi connectivity index (χ0) is 26.2. The number of halogens is 1. The number of phenols is 1. The number of nitrogens with zero attached hydrogens (tertiary/aromatic N) is 5. The summed E-state index contributed by atoms with van der Waals surface area (Å²) in [5.41, 5.74) is 0.738. The molecule has 2 aromatic carbocycles. The van der Waals surface area contributed by atoms with Crippen LogP contribution in [0.3, 0.4) is 0 Å². The first-order chi connectivity index (χ1) is 18.5. The molecule has 0 spiro atoms. The van der Waals surface area contributed by atoms with Crippen molar-refractivity contribution in [1.29, 1.82) is 0 Å². The van der Waals surface area contributed by atoms with E-state index in [1.165, 1.54) is 6.07 Å². The Morgan fingerprint density at radius 3 is 2.71 bits per heavy atom. The number of aromatic nitrogens is 3. The van der Waals surface area contributed by atoms with E-state index in [1.807, 2.05) is 24.3 Å². The predicted octanol–water partition coefficient (Wildman–Crippen LogP) is 4.51. The van der Waals surface area contributed by atoms with E-state index in [4.69, 9.17) is 9.72 Å². The molecular weight excluding hydrogens is 485 g/mol. The highest BCUT2D eigenvalue weighted by atomic mass is 19.1. The van der Waals surface area contributed by atoms with Gasteiger partial charge in [0.05, 0.1) is 11.5 Å². The highest BCUT2D eigenvalue weighted by molar-refractivity contribution is 5.99. The molecule has 2 aliphatic rings. The molecule has 2 atom stereocenters. The minimum atomic E-state index is -0.584. The maximum Gasteiger partial charge on any atom is 0.319 e. The fourth-order valence-corrected chi connectivity index (χ4v) is 5.66. The van der Waals surface area contributed by atoms with E-state index < -0.39 is 5.82 Å². The Kier molecular flexibility index (Phi) is 6.71. The summed E-state index contributed by atoms with van der Waals surface area (Å²) in [4.78, 5) is 18.1. The van der Waals surface area contributed by atoms with Crippen LogP contribution >= 0.6 is 0 Å². The van der Waals surface area contributed by atoms with Crippen molar-refractivity contribution in [2.24, 2.45) is 0 Å². The number of benzene rings is 2. The molecule has 2 saturated heterocycles. The molecule has 2 aliphatic heterocycles. The summed E-state index contributed by atoms with van der Waals surface area (Å²) in [6.07, 6.45) is 5.54. The smallest absolute Gasteiger partial charge is 0.319 e. The van der Waals surface area contributed by atoms with Gasteiger partial charge >= 0.3 is 6.01 Å². The number of hydrogen-bond donors (Lipinski definition) is 2. The van der Waals surface area contributed by atoms with E-state index in [0.29, 0.717) is 42.9 Å². The van der Waals surface area contributed by atoms with Crippen LogP contribution in [0.25, 0.3) is 32.9 Å². The lowest BCUT2D eigenvalue weighted by Crippen LogP contribution is -2.31. The molecule has 38 heavy (non-hydrogen) atoms. The lowest BCUT2D eigenvalue weighted by Gasteiger charge is -2.24. The summed E-state index contributed by atoms with van der Waals surface area (Å²) in [6, 6.07) is 11.1. The van der Waals surface area contributed by atoms with Crippen LogP contribution in [0.2, 0.25) is 0 Å². The van der Waals surface area contributed by atoms with E-state index in [1.54, 1.807) is 12.3 Å². The second-order valence-electron chi connectivity index (χ2n) is 10.4. The number of phenolic OH excluding ortho intramolecular Hbond substituents is 1. The van der Waals surface area contributed by atoms with Gasteiger partial charge in [0.25, 0.3) is 0 Å². The van der Waals surface area contributed by atoms with E-state index in [9.17, 15) is 10.2 Å². The number of rotatable bonds is 5. The predicted molar refractivity (Wildman–Crippen MR) is 145 cm³/mol. The van der Waals surface area contributed by atoms with Crippen molar-refractivity contribution in [3.05, 3.63) is 48.4 Å². The van der Waals surface area contributed by atoms with Crippen molar-refractivity contribution in [2.45, 2.75) is 44.2 Å². The summed E-state index contributed by atoms with van der Waals surface area (Å²) < 4.78 is 22.4. The van der Waals surface area contributed by atoms with Crippen LogP contribution < -0.4 is 9.64 Å². The zero-order valence-corrected chi connectivity index (χ0v) is 21.5. The Bertz CT molecular complexity index is 1480. The van der Waals surface area contributed by atoms with Crippen molar-refractivity contribution in [2.75, 3.05) is 38.2 Å². The summed E-state index contributed by atoms with van der Waals surface area (Å²) in [5, 5.41) is 22.6. The van der Waals surface area contributed by atoms with E-state index >= 15 is 4.39 Å². The first kappa shape index (κ1) is 24.8. The molecule has 2 fully saturated rings. The minimum absolute atomic E-state index is 0.0382. The quantitative estimate of drug-likeness (QED) is 0.399. The van der Waals surface area contributed by atoms with Crippen LogP contribution in [0.4, 0.5) is 10.2 Å². The molecule has 9 heteroatoms. The van der Waals surface area contributed by atoms with Crippen LogP contribution in [-0.4, -0.2) is 75.5 Å². The van der Waals surface area contributed by atoms with Gasteiger partial charge in [-0.25, -0.2) is 4.39 Å². The first-order valence-corrected chi connectivity index (χ1v) is 13.3. The number of ether oxygens (including phenoxy) is 1. The highest BCUT2D eigenvalue weighted by Gasteiger charge is 2.26. The fraction of sp³-hybridized carbons (Fsp3) is 0.414. The third-order valence-electron chi connectivity index (χ3n) is 7.82. The second-order valence-corrected chi connectivity index (χ2v) is 10.4. The number of aliphatic hydroxyl groups is 1. The molecule has 2 N–H and O–H groups in total. The van der Waals surface area contributed by atoms with Crippen molar-refractivity contribution in [3.63, 3.8) is 0 Å². The van der Waals surface area contributed by atoms with Gasteiger partial charge in [-0.2, -0.15) is 9.97 Å². The third-order valence-corrected chi connectivity index (χ3v) is 7.82. The SMILES string of the molecule is CN1CCC[C@H]1COc1nc(N2CCCC(O)CC2)c2cnc(-c3cc(O)cc4ccccc34)c(F)c2n1.